The van der Waals surface area contributed by atoms with Crippen LogP contribution in [0.5, 0.6) is 11.5 Å². The van der Waals surface area contributed by atoms with Crippen LogP contribution in [0.15, 0.2) is 47.8 Å². The highest BCUT2D eigenvalue weighted by Gasteiger charge is 2.09. The molecule has 1 heterocycles. The van der Waals surface area contributed by atoms with Gasteiger partial charge in [-0.2, -0.15) is 0 Å². The summed E-state index contributed by atoms with van der Waals surface area (Å²) in [4.78, 5) is 4.52. The molecule has 0 aliphatic heterocycles. The van der Waals surface area contributed by atoms with Gasteiger partial charge in [-0.3, -0.25) is 0 Å². The second-order valence-electron chi connectivity index (χ2n) is 4.74. The molecule has 0 atom stereocenters. The first-order valence-corrected chi connectivity index (χ1v) is 7.78. The van der Waals surface area contributed by atoms with Crippen molar-refractivity contribution < 1.29 is 13.9 Å². The number of methoxy groups -OCH3 is 2. The van der Waals surface area contributed by atoms with E-state index in [1.165, 1.54) is 23.5 Å². The normalized spacial score (nSPS) is 10.4. The summed E-state index contributed by atoms with van der Waals surface area (Å²) in [5, 5.41) is 5.87. The maximum absolute atomic E-state index is 13.0. The number of anilines is 2. The fraction of sp³-hybridized carbons (Fsp3) is 0.118. The number of thiazole rings is 1. The van der Waals surface area contributed by atoms with Gasteiger partial charge in [0.25, 0.3) is 0 Å². The molecule has 0 bridgehead atoms. The van der Waals surface area contributed by atoms with Gasteiger partial charge in [0.15, 0.2) is 5.13 Å². The Morgan fingerprint density at radius 1 is 1.04 bits per heavy atom. The number of benzene rings is 2. The van der Waals surface area contributed by atoms with Gasteiger partial charge in [0.05, 0.1) is 25.6 Å². The fourth-order valence-electron chi connectivity index (χ4n) is 2.11. The van der Waals surface area contributed by atoms with Gasteiger partial charge in [0, 0.05) is 17.0 Å². The average molecular weight is 330 g/mol. The lowest BCUT2D eigenvalue weighted by Crippen LogP contribution is -1.95. The van der Waals surface area contributed by atoms with Crippen LogP contribution in [0.3, 0.4) is 0 Å². The number of ether oxygens (including phenoxy) is 2. The largest absolute Gasteiger partial charge is 0.497 e. The predicted octanol–water partition coefficient (Wildman–Crippen LogP) is 4.71. The number of halogens is 1. The van der Waals surface area contributed by atoms with Gasteiger partial charge in [-0.1, -0.05) is 0 Å². The Balaban J connectivity index is 1.85. The van der Waals surface area contributed by atoms with Gasteiger partial charge >= 0.3 is 0 Å². The molecule has 0 radical (unpaired) electrons. The molecule has 0 spiro atoms. The van der Waals surface area contributed by atoms with Crippen molar-refractivity contribution in [2.75, 3.05) is 19.5 Å². The van der Waals surface area contributed by atoms with E-state index >= 15 is 0 Å². The maximum Gasteiger partial charge on any atom is 0.187 e. The Morgan fingerprint density at radius 2 is 1.83 bits per heavy atom. The van der Waals surface area contributed by atoms with Crippen molar-refractivity contribution in [2.45, 2.75) is 0 Å². The summed E-state index contributed by atoms with van der Waals surface area (Å²) in [5.41, 5.74) is 2.43. The van der Waals surface area contributed by atoms with E-state index in [0.29, 0.717) is 5.75 Å². The molecule has 118 valence electrons. The zero-order chi connectivity index (χ0) is 16.2. The van der Waals surface area contributed by atoms with Crippen LogP contribution < -0.4 is 14.8 Å². The van der Waals surface area contributed by atoms with E-state index in [0.717, 1.165) is 27.8 Å². The molecule has 0 unspecified atom stereocenters. The van der Waals surface area contributed by atoms with Crippen LogP contribution >= 0.6 is 11.3 Å². The van der Waals surface area contributed by atoms with Gasteiger partial charge in [-0.15, -0.1) is 11.3 Å². The van der Waals surface area contributed by atoms with E-state index in [9.17, 15) is 4.39 Å². The first kappa shape index (κ1) is 15.3. The fourth-order valence-corrected chi connectivity index (χ4v) is 2.84. The highest BCUT2D eigenvalue weighted by Crippen LogP contribution is 2.33. The molecule has 0 saturated heterocycles. The molecule has 1 aromatic heterocycles. The van der Waals surface area contributed by atoms with E-state index in [1.807, 2.05) is 23.6 Å². The van der Waals surface area contributed by atoms with Gasteiger partial charge in [-0.05, 0) is 36.4 Å². The van der Waals surface area contributed by atoms with Crippen molar-refractivity contribution in [3.8, 4) is 22.8 Å². The summed E-state index contributed by atoms with van der Waals surface area (Å²) in [5.74, 6) is 1.16. The van der Waals surface area contributed by atoms with Gasteiger partial charge in [-0.25, -0.2) is 9.37 Å². The minimum atomic E-state index is -0.261. The Kier molecular flexibility index (Phi) is 4.43. The number of nitrogens with zero attached hydrogens (tertiary/aromatic N) is 1. The quantitative estimate of drug-likeness (QED) is 0.736. The van der Waals surface area contributed by atoms with E-state index in [2.05, 4.69) is 10.3 Å². The summed E-state index contributed by atoms with van der Waals surface area (Å²) in [6, 6.07) is 11.8. The van der Waals surface area contributed by atoms with Crippen molar-refractivity contribution in [1.82, 2.24) is 4.98 Å². The molecular weight excluding hydrogens is 315 g/mol. The summed E-state index contributed by atoms with van der Waals surface area (Å²) in [6.45, 7) is 0. The second kappa shape index (κ2) is 6.66. The van der Waals surface area contributed by atoms with Crippen LogP contribution in [0.1, 0.15) is 0 Å². The number of nitrogens with one attached hydrogen (secondary N) is 1. The molecule has 4 nitrogen and oxygen atoms in total. The first-order chi connectivity index (χ1) is 11.2. The van der Waals surface area contributed by atoms with E-state index in [4.69, 9.17) is 9.47 Å². The van der Waals surface area contributed by atoms with Crippen molar-refractivity contribution in [3.63, 3.8) is 0 Å². The minimum Gasteiger partial charge on any atom is -0.497 e. The molecule has 3 rings (SSSR count). The van der Waals surface area contributed by atoms with Crippen LogP contribution in [0.25, 0.3) is 11.3 Å². The monoisotopic (exact) mass is 330 g/mol. The lowest BCUT2D eigenvalue weighted by molar-refractivity contribution is 0.405. The lowest BCUT2D eigenvalue weighted by atomic mass is 10.2. The Morgan fingerprint density at radius 3 is 2.52 bits per heavy atom. The first-order valence-electron chi connectivity index (χ1n) is 6.90. The smallest absolute Gasteiger partial charge is 0.187 e. The highest BCUT2D eigenvalue weighted by atomic mass is 32.1. The van der Waals surface area contributed by atoms with Crippen molar-refractivity contribution in [2.24, 2.45) is 0 Å². The minimum absolute atomic E-state index is 0.261. The summed E-state index contributed by atoms with van der Waals surface area (Å²) in [7, 11) is 3.22. The summed E-state index contributed by atoms with van der Waals surface area (Å²) in [6.07, 6.45) is 0. The predicted molar refractivity (Wildman–Crippen MR) is 90.3 cm³/mol. The molecule has 0 fully saturated rings. The van der Waals surface area contributed by atoms with E-state index in [1.54, 1.807) is 26.4 Å². The Labute approximate surface area is 137 Å². The third-order valence-electron chi connectivity index (χ3n) is 3.29. The molecule has 0 aliphatic rings. The SMILES string of the molecule is COc1ccc(OC)c(Nc2nc(-c3ccc(F)cc3)cs2)c1. The van der Waals surface area contributed by atoms with Crippen molar-refractivity contribution in [3.05, 3.63) is 53.7 Å². The summed E-state index contributed by atoms with van der Waals surface area (Å²) < 4.78 is 23.6. The number of aromatic nitrogens is 1. The molecule has 3 aromatic rings. The number of rotatable bonds is 5. The van der Waals surface area contributed by atoms with E-state index in [-0.39, 0.29) is 5.82 Å². The molecular formula is C17H15FN2O2S. The molecule has 2 aromatic carbocycles. The third kappa shape index (κ3) is 3.43. The summed E-state index contributed by atoms with van der Waals surface area (Å²) >= 11 is 1.46. The van der Waals surface area contributed by atoms with Gasteiger partial charge in [0.2, 0.25) is 0 Å². The lowest BCUT2D eigenvalue weighted by Gasteiger charge is -2.10. The molecule has 1 N–H and O–H groups in total. The van der Waals surface area contributed by atoms with Gasteiger partial charge in [0.1, 0.15) is 17.3 Å². The number of hydrogen-bond acceptors (Lipinski definition) is 5. The zero-order valence-electron chi connectivity index (χ0n) is 12.7. The van der Waals surface area contributed by atoms with Crippen molar-refractivity contribution in [1.29, 1.82) is 0 Å². The van der Waals surface area contributed by atoms with E-state index < -0.39 is 0 Å². The van der Waals surface area contributed by atoms with Crippen LogP contribution in [0.4, 0.5) is 15.2 Å². The van der Waals surface area contributed by atoms with Crippen LogP contribution in [-0.4, -0.2) is 19.2 Å². The van der Waals surface area contributed by atoms with Crippen LogP contribution in [-0.2, 0) is 0 Å². The van der Waals surface area contributed by atoms with Gasteiger partial charge < -0.3 is 14.8 Å². The van der Waals surface area contributed by atoms with Crippen LogP contribution in [0.2, 0.25) is 0 Å². The zero-order valence-corrected chi connectivity index (χ0v) is 13.5. The number of hydrogen-bond donors (Lipinski definition) is 1. The highest BCUT2D eigenvalue weighted by molar-refractivity contribution is 7.14. The van der Waals surface area contributed by atoms with Crippen molar-refractivity contribution >= 4 is 22.2 Å². The molecule has 0 amide bonds. The second-order valence-corrected chi connectivity index (χ2v) is 5.59. The molecule has 6 heteroatoms. The molecule has 0 aliphatic carbocycles. The maximum atomic E-state index is 13.0. The average Bonchev–Trinajstić information content (AvgIpc) is 3.04. The standard InChI is InChI=1S/C17H15FN2O2S/c1-21-13-7-8-16(22-2)14(9-13)19-17-20-15(10-23-17)11-3-5-12(18)6-4-11/h3-10H,1-2H3,(H,19,20). The molecule has 0 saturated carbocycles. The Hall–Kier alpha value is -2.60. The Bertz CT molecular complexity index is 803. The molecule has 23 heavy (non-hydrogen) atoms. The van der Waals surface area contributed by atoms with Crippen LogP contribution in [0, 0.1) is 5.82 Å². The topological polar surface area (TPSA) is 43.4 Å². The third-order valence-corrected chi connectivity index (χ3v) is 4.05.